The van der Waals surface area contributed by atoms with Gasteiger partial charge in [-0.1, -0.05) is 17.7 Å². The molecule has 210 valence electrons. The summed E-state index contributed by atoms with van der Waals surface area (Å²) < 4.78 is 51.8. The van der Waals surface area contributed by atoms with Crippen molar-refractivity contribution in [3.8, 4) is 17.2 Å². The Morgan fingerprint density at radius 3 is 2.42 bits per heavy atom. The Bertz CT molecular complexity index is 1410. The lowest BCUT2D eigenvalue weighted by Crippen LogP contribution is -2.46. The molecule has 0 radical (unpaired) electrons. The average Bonchev–Trinajstić information content (AvgIpc) is 2.94. The molecule has 1 atom stereocenters. The molecule has 40 heavy (non-hydrogen) atoms. The van der Waals surface area contributed by atoms with Gasteiger partial charge in [0.05, 0.1) is 23.1 Å². The molecule has 1 unspecified atom stereocenters. The molecule has 3 aromatic carbocycles. The van der Waals surface area contributed by atoms with Crippen LogP contribution in [0, 0.1) is 0 Å². The van der Waals surface area contributed by atoms with E-state index in [4.69, 9.17) is 21.1 Å². The van der Waals surface area contributed by atoms with Gasteiger partial charge in [-0.2, -0.15) is 13.2 Å². The third kappa shape index (κ3) is 5.88. The van der Waals surface area contributed by atoms with Crippen LogP contribution in [-0.4, -0.2) is 42.7 Å². The molecule has 7 nitrogen and oxygen atoms in total. The van der Waals surface area contributed by atoms with Gasteiger partial charge in [0.15, 0.2) is 0 Å². The van der Waals surface area contributed by atoms with Crippen LogP contribution in [0.1, 0.15) is 46.7 Å². The zero-order valence-corrected chi connectivity index (χ0v) is 22.0. The van der Waals surface area contributed by atoms with Crippen LogP contribution in [0.5, 0.6) is 17.2 Å². The number of piperidine rings is 1. The first kappa shape index (κ1) is 27.8. The zero-order valence-electron chi connectivity index (χ0n) is 21.2. The van der Waals surface area contributed by atoms with Crippen LogP contribution in [0.2, 0.25) is 5.02 Å². The molecule has 5 rings (SSSR count). The van der Waals surface area contributed by atoms with Gasteiger partial charge in [0, 0.05) is 28.9 Å². The molecule has 0 spiro atoms. The van der Waals surface area contributed by atoms with Crippen molar-refractivity contribution in [1.82, 2.24) is 5.32 Å². The largest absolute Gasteiger partial charge is 0.493 e. The number of fused-ring (bicyclic) bond motifs is 1. The second-order valence-corrected chi connectivity index (χ2v) is 10.1. The van der Waals surface area contributed by atoms with Gasteiger partial charge in [-0.05, 0) is 80.9 Å². The summed E-state index contributed by atoms with van der Waals surface area (Å²) in [7, 11) is 0. The third-order valence-electron chi connectivity index (χ3n) is 7.08. The lowest BCUT2D eigenvalue weighted by Gasteiger charge is -2.35. The predicted molar refractivity (Wildman–Crippen MR) is 143 cm³/mol. The maximum atomic E-state index is 13.7. The molecule has 0 aliphatic carbocycles. The summed E-state index contributed by atoms with van der Waals surface area (Å²) >= 11 is 6.38. The van der Waals surface area contributed by atoms with E-state index in [0.717, 1.165) is 12.1 Å². The van der Waals surface area contributed by atoms with Crippen LogP contribution in [0.3, 0.4) is 0 Å². The molecule has 0 bridgehead atoms. The fourth-order valence-electron chi connectivity index (χ4n) is 5.05. The number of benzene rings is 3. The molecular formula is C29H26ClF3N2O5. The van der Waals surface area contributed by atoms with E-state index < -0.39 is 29.5 Å². The molecule has 11 heteroatoms. The van der Waals surface area contributed by atoms with E-state index in [1.165, 1.54) is 29.2 Å². The Kier molecular flexibility index (Phi) is 7.91. The first-order chi connectivity index (χ1) is 19.1. The summed E-state index contributed by atoms with van der Waals surface area (Å²) in [6.07, 6.45) is -2.99. The maximum Gasteiger partial charge on any atom is 0.416 e. The molecule has 2 heterocycles. The summed E-state index contributed by atoms with van der Waals surface area (Å²) in [6.45, 7) is 1.55. The van der Waals surface area contributed by atoms with E-state index in [1.54, 1.807) is 24.3 Å². The molecule has 2 aliphatic rings. The van der Waals surface area contributed by atoms with Gasteiger partial charge in [-0.25, -0.2) is 0 Å². The van der Waals surface area contributed by atoms with Crippen molar-refractivity contribution in [2.75, 3.05) is 24.6 Å². The van der Waals surface area contributed by atoms with Crippen LogP contribution in [0.4, 0.5) is 18.9 Å². The Balaban J connectivity index is 1.39. The van der Waals surface area contributed by atoms with Gasteiger partial charge < -0.3 is 24.8 Å². The highest BCUT2D eigenvalue weighted by Gasteiger charge is 2.33. The van der Waals surface area contributed by atoms with Gasteiger partial charge in [-0.15, -0.1) is 0 Å². The van der Waals surface area contributed by atoms with E-state index >= 15 is 0 Å². The Morgan fingerprint density at radius 1 is 1.02 bits per heavy atom. The highest BCUT2D eigenvalue weighted by molar-refractivity contribution is 6.32. The Morgan fingerprint density at radius 2 is 1.75 bits per heavy atom. The number of amides is 1. The van der Waals surface area contributed by atoms with E-state index in [-0.39, 0.29) is 34.7 Å². The number of carbonyl (C=O) groups is 2. The molecule has 2 aliphatic heterocycles. The molecule has 3 aromatic rings. The van der Waals surface area contributed by atoms with E-state index in [1.807, 2.05) is 0 Å². The van der Waals surface area contributed by atoms with Crippen molar-refractivity contribution in [2.24, 2.45) is 0 Å². The number of anilines is 1. The van der Waals surface area contributed by atoms with Crippen molar-refractivity contribution in [2.45, 2.75) is 37.4 Å². The van der Waals surface area contributed by atoms with Gasteiger partial charge in [0.25, 0.3) is 5.91 Å². The number of rotatable bonds is 6. The SMILES string of the molecule is O=C(O)C1CCOc2cc(Oc3ccc(C(=O)N(c4cccc(C(F)(F)F)c4)C4CCNCC4)cc3)c(Cl)cc21. The van der Waals surface area contributed by atoms with E-state index in [0.29, 0.717) is 49.4 Å². The number of nitrogens with zero attached hydrogens (tertiary/aromatic N) is 1. The fraction of sp³-hybridized carbons (Fsp3) is 0.310. The first-order valence-electron chi connectivity index (χ1n) is 12.8. The van der Waals surface area contributed by atoms with Crippen molar-refractivity contribution in [3.63, 3.8) is 0 Å². The lowest BCUT2D eigenvalue weighted by molar-refractivity contribution is -0.139. The maximum absolute atomic E-state index is 13.7. The molecule has 1 amide bonds. The minimum atomic E-state index is -4.53. The summed E-state index contributed by atoms with van der Waals surface area (Å²) in [6, 6.07) is 13.8. The van der Waals surface area contributed by atoms with E-state index in [9.17, 15) is 27.9 Å². The normalized spacial score (nSPS) is 17.4. The second-order valence-electron chi connectivity index (χ2n) is 9.68. The molecule has 0 aromatic heterocycles. The van der Waals surface area contributed by atoms with Crippen molar-refractivity contribution in [1.29, 1.82) is 0 Å². The number of nitrogens with one attached hydrogen (secondary N) is 1. The van der Waals surface area contributed by atoms with Crippen molar-refractivity contribution in [3.05, 3.63) is 82.4 Å². The standard InChI is InChI=1S/C29H26ClF3N2O5/c30-24-15-23-22(28(37)38)10-13-39-25(23)16-26(24)40-21-6-4-17(5-7-21)27(36)35(19-8-11-34-12-9-19)20-3-1-2-18(14-20)29(31,32)33/h1-7,14-16,19,22,34H,8-13H2,(H,37,38). The minimum absolute atomic E-state index is 0.188. The van der Waals surface area contributed by atoms with Gasteiger partial charge >= 0.3 is 12.1 Å². The topological polar surface area (TPSA) is 88.1 Å². The van der Waals surface area contributed by atoms with Crippen LogP contribution >= 0.6 is 11.6 Å². The van der Waals surface area contributed by atoms with Gasteiger partial charge in [-0.3, -0.25) is 9.59 Å². The number of carboxylic acids is 1. The number of carboxylic acid groups (broad SMARTS) is 1. The quantitative estimate of drug-likeness (QED) is 0.349. The summed E-state index contributed by atoms with van der Waals surface area (Å²) in [4.78, 5) is 26.7. The Labute approximate surface area is 233 Å². The zero-order chi connectivity index (χ0) is 28.4. The molecule has 0 saturated carbocycles. The summed E-state index contributed by atoms with van der Waals surface area (Å²) in [5, 5.41) is 12.9. The highest BCUT2D eigenvalue weighted by Crippen LogP contribution is 2.42. The minimum Gasteiger partial charge on any atom is -0.493 e. The second kappa shape index (κ2) is 11.4. The Hall–Kier alpha value is -3.76. The number of hydrogen-bond donors (Lipinski definition) is 2. The monoisotopic (exact) mass is 574 g/mol. The van der Waals surface area contributed by atoms with Crippen LogP contribution in [0.15, 0.2) is 60.7 Å². The summed E-state index contributed by atoms with van der Waals surface area (Å²) in [5.74, 6) is -1.11. The first-order valence-corrected chi connectivity index (χ1v) is 13.2. The van der Waals surface area contributed by atoms with Crippen LogP contribution in [-0.2, 0) is 11.0 Å². The smallest absolute Gasteiger partial charge is 0.416 e. The fourth-order valence-corrected chi connectivity index (χ4v) is 5.26. The van der Waals surface area contributed by atoms with Crippen molar-refractivity contribution >= 4 is 29.2 Å². The number of ether oxygens (including phenoxy) is 2. The lowest BCUT2D eigenvalue weighted by atomic mass is 9.93. The number of hydrogen-bond acceptors (Lipinski definition) is 5. The molecule has 1 fully saturated rings. The third-order valence-corrected chi connectivity index (χ3v) is 7.37. The van der Waals surface area contributed by atoms with Crippen molar-refractivity contribution < 1.29 is 37.3 Å². The van der Waals surface area contributed by atoms with Gasteiger partial charge in [0.1, 0.15) is 17.2 Å². The molecular weight excluding hydrogens is 549 g/mol. The van der Waals surface area contributed by atoms with Crippen LogP contribution < -0.4 is 19.7 Å². The number of alkyl halides is 3. The van der Waals surface area contributed by atoms with Gasteiger partial charge in [0.2, 0.25) is 0 Å². The molecule has 1 saturated heterocycles. The number of halogens is 4. The highest BCUT2D eigenvalue weighted by atomic mass is 35.5. The average molecular weight is 575 g/mol. The summed E-state index contributed by atoms with van der Waals surface area (Å²) in [5.41, 5.74) is 0.130. The predicted octanol–water partition coefficient (Wildman–Crippen LogP) is 6.50. The van der Waals surface area contributed by atoms with Crippen LogP contribution in [0.25, 0.3) is 0 Å². The number of carbonyl (C=O) groups excluding carboxylic acids is 1. The van der Waals surface area contributed by atoms with E-state index in [2.05, 4.69) is 5.32 Å². The number of aliphatic carboxylic acids is 1. The molecule has 2 N–H and O–H groups in total.